The predicted molar refractivity (Wildman–Crippen MR) is 94.4 cm³/mol. The first kappa shape index (κ1) is 16.2. The summed E-state index contributed by atoms with van der Waals surface area (Å²) in [7, 11) is 0. The maximum atomic E-state index is 12.2. The Hall–Kier alpha value is -1.69. The van der Waals surface area contributed by atoms with Gasteiger partial charge in [-0.1, -0.05) is 35.3 Å². The highest BCUT2D eigenvalue weighted by atomic mass is 35.5. The Morgan fingerprint density at radius 1 is 1.17 bits per heavy atom. The third-order valence-corrected chi connectivity index (χ3v) is 4.94. The fraction of sp³-hybridized carbons (Fsp3) is 0.125. The highest BCUT2D eigenvalue weighted by Gasteiger charge is 2.28. The van der Waals surface area contributed by atoms with Crippen LogP contribution in [0.2, 0.25) is 10.0 Å². The maximum Gasteiger partial charge on any atom is 0.238 e. The van der Waals surface area contributed by atoms with Crippen LogP contribution in [0.3, 0.4) is 0 Å². The molecule has 2 aromatic rings. The van der Waals surface area contributed by atoms with Gasteiger partial charge in [-0.15, -0.1) is 11.8 Å². The van der Waals surface area contributed by atoms with E-state index in [1.165, 1.54) is 11.8 Å². The topological polar surface area (TPSA) is 58.2 Å². The molecule has 2 aromatic carbocycles. The lowest BCUT2D eigenvalue weighted by molar-refractivity contribution is -0.120. The Kier molecular flexibility index (Phi) is 4.80. The minimum absolute atomic E-state index is 0.0645. The second-order valence-corrected chi connectivity index (χ2v) is 7.12. The largest absolute Gasteiger partial charge is 0.326 e. The third-order valence-electron chi connectivity index (χ3n) is 3.22. The molecule has 118 valence electrons. The Morgan fingerprint density at radius 2 is 1.87 bits per heavy atom. The number of anilines is 2. The van der Waals surface area contributed by atoms with Gasteiger partial charge in [-0.25, -0.2) is 0 Å². The van der Waals surface area contributed by atoms with Crippen LogP contribution in [0.15, 0.2) is 47.4 Å². The molecule has 0 spiro atoms. The quantitative estimate of drug-likeness (QED) is 0.844. The molecule has 0 fully saturated rings. The predicted octanol–water partition coefficient (Wildman–Crippen LogP) is 4.44. The number of hydrogen-bond donors (Lipinski definition) is 2. The maximum absolute atomic E-state index is 12.2. The molecule has 1 atom stereocenters. The van der Waals surface area contributed by atoms with Crippen LogP contribution in [0, 0.1) is 0 Å². The Morgan fingerprint density at radius 3 is 2.61 bits per heavy atom. The van der Waals surface area contributed by atoms with Crippen LogP contribution in [0.5, 0.6) is 0 Å². The summed E-state index contributed by atoms with van der Waals surface area (Å²) in [5.74, 6) is -0.441. The molecule has 0 aromatic heterocycles. The molecule has 1 aliphatic heterocycles. The fourth-order valence-corrected chi connectivity index (χ4v) is 3.87. The van der Waals surface area contributed by atoms with Gasteiger partial charge in [0.25, 0.3) is 0 Å². The number of thioether (sulfide) groups is 1. The second-order valence-electron chi connectivity index (χ2n) is 5.00. The summed E-state index contributed by atoms with van der Waals surface area (Å²) in [6.07, 6.45) is 0.0645. The van der Waals surface area contributed by atoms with Gasteiger partial charge in [-0.2, -0.15) is 0 Å². The number of nitrogens with one attached hydrogen (secondary N) is 2. The van der Waals surface area contributed by atoms with Crippen molar-refractivity contribution in [1.82, 2.24) is 0 Å². The van der Waals surface area contributed by atoms with E-state index in [1.807, 2.05) is 24.3 Å². The average molecular weight is 367 g/mol. The number of benzene rings is 2. The van der Waals surface area contributed by atoms with E-state index in [1.54, 1.807) is 18.2 Å². The smallest absolute Gasteiger partial charge is 0.238 e. The first-order valence-electron chi connectivity index (χ1n) is 6.84. The summed E-state index contributed by atoms with van der Waals surface area (Å²) < 4.78 is 0. The molecule has 23 heavy (non-hydrogen) atoms. The van der Waals surface area contributed by atoms with E-state index < -0.39 is 5.25 Å². The minimum atomic E-state index is -0.473. The van der Waals surface area contributed by atoms with Crippen LogP contribution < -0.4 is 10.6 Å². The van der Waals surface area contributed by atoms with E-state index >= 15 is 0 Å². The van der Waals surface area contributed by atoms with Gasteiger partial charge >= 0.3 is 0 Å². The SMILES string of the molecule is O=C(C[C@H]1Sc2ccccc2NC1=O)Nc1cc(Cl)cc(Cl)c1. The standard InChI is InChI=1S/C16H12Cl2N2O2S/c17-9-5-10(18)7-11(6-9)19-15(21)8-14-16(22)20-12-3-1-2-4-13(12)23-14/h1-7,14H,8H2,(H,19,21)(H,20,22)/t14-/m1/s1. The van der Waals surface area contributed by atoms with Gasteiger partial charge in [0, 0.05) is 27.0 Å². The van der Waals surface area contributed by atoms with Crippen LogP contribution in [0.25, 0.3) is 0 Å². The number of para-hydroxylation sites is 1. The molecule has 2 N–H and O–H groups in total. The normalized spacial score (nSPS) is 16.4. The monoisotopic (exact) mass is 366 g/mol. The molecule has 1 heterocycles. The van der Waals surface area contributed by atoms with Gasteiger partial charge in [-0.3, -0.25) is 9.59 Å². The zero-order valence-electron chi connectivity index (χ0n) is 11.8. The molecule has 2 amide bonds. The minimum Gasteiger partial charge on any atom is -0.326 e. The van der Waals surface area contributed by atoms with Crippen molar-refractivity contribution in [3.8, 4) is 0 Å². The fourth-order valence-electron chi connectivity index (χ4n) is 2.23. The molecule has 0 unspecified atom stereocenters. The molecule has 0 radical (unpaired) electrons. The van der Waals surface area contributed by atoms with E-state index in [9.17, 15) is 9.59 Å². The lowest BCUT2D eigenvalue weighted by Crippen LogP contribution is -2.32. The van der Waals surface area contributed by atoms with Crippen molar-refractivity contribution in [3.63, 3.8) is 0 Å². The second kappa shape index (κ2) is 6.83. The number of hydrogen-bond acceptors (Lipinski definition) is 3. The number of halogens is 2. The van der Waals surface area contributed by atoms with Gasteiger partial charge in [0.1, 0.15) is 0 Å². The third kappa shape index (κ3) is 3.99. The van der Waals surface area contributed by atoms with Crippen molar-refractivity contribution in [2.45, 2.75) is 16.6 Å². The molecule has 0 saturated carbocycles. The summed E-state index contributed by atoms with van der Waals surface area (Å²) in [5.41, 5.74) is 1.29. The molecular weight excluding hydrogens is 355 g/mol. The average Bonchev–Trinajstić information content (AvgIpc) is 2.46. The first-order valence-corrected chi connectivity index (χ1v) is 8.47. The van der Waals surface area contributed by atoms with Gasteiger partial charge < -0.3 is 10.6 Å². The zero-order valence-corrected chi connectivity index (χ0v) is 14.1. The molecular formula is C16H12Cl2N2O2S. The Labute approximate surface area is 147 Å². The van der Waals surface area contributed by atoms with Gasteiger partial charge in [0.2, 0.25) is 11.8 Å². The van der Waals surface area contributed by atoms with Gasteiger partial charge in [0.15, 0.2) is 0 Å². The molecule has 0 bridgehead atoms. The molecule has 0 aliphatic carbocycles. The highest BCUT2D eigenvalue weighted by Crippen LogP contribution is 2.36. The molecule has 0 saturated heterocycles. The van der Waals surface area contributed by atoms with Crippen LogP contribution in [-0.4, -0.2) is 17.1 Å². The number of fused-ring (bicyclic) bond motifs is 1. The van der Waals surface area contributed by atoms with E-state index in [-0.39, 0.29) is 18.2 Å². The number of amides is 2. The molecule has 7 heteroatoms. The highest BCUT2D eigenvalue weighted by molar-refractivity contribution is 8.01. The zero-order chi connectivity index (χ0) is 16.4. The van der Waals surface area contributed by atoms with Crippen LogP contribution in [0.4, 0.5) is 11.4 Å². The molecule has 4 nitrogen and oxygen atoms in total. The molecule has 3 rings (SSSR count). The van der Waals surface area contributed by atoms with Gasteiger partial charge in [-0.05, 0) is 30.3 Å². The Bertz CT molecular complexity index is 762. The summed E-state index contributed by atoms with van der Waals surface area (Å²) in [5, 5.41) is 5.93. The van der Waals surface area contributed by atoms with Crippen LogP contribution in [0.1, 0.15) is 6.42 Å². The van der Waals surface area contributed by atoms with E-state index in [0.717, 1.165) is 10.6 Å². The summed E-state index contributed by atoms with van der Waals surface area (Å²) in [6, 6.07) is 12.3. The van der Waals surface area contributed by atoms with Crippen molar-refractivity contribution in [1.29, 1.82) is 0 Å². The van der Waals surface area contributed by atoms with Crippen LogP contribution in [-0.2, 0) is 9.59 Å². The van der Waals surface area contributed by atoms with Crippen molar-refractivity contribution < 1.29 is 9.59 Å². The van der Waals surface area contributed by atoms with Crippen molar-refractivity contribution in [2.24, 2.45) is 0 Å². The lowest BCUT2D eigenvalue weighted by atomic mass is 10.2. The van der Waals surface area contributed by atoms with Gasteiger partial charge in [0.05, 0.1) is 10.9 Å². The van der Waals surface area contributed by atoms with Crippen molar-refractivity contribution in [2.75, 3.05) is 10.6 Å². The van der Waals surface area contributed by atoms with Crippen molar-refractivity contribution >= 4 is 58.2 Å². The van der Waals surface area contributed by atoms with Crippen LogP contribution >= 0.6 is 35.0 Å². The number of rotatable bonds is 3. The first-order chi connectivity index (χ1) is 11.0. The number of carbonyl (C=O) groups excluding carboxylic acids is 2. The van der Waals surface area contributed by atoms with E-state index in [2.05, 4.69) is 10.6 Å². The Balaban J connectivity index is 1.67. The molecule has 1 aliphatic rings. The van der Waals surface area contributed by atoms with Crippen molar-refractivity contribution in [3.05, 3.63) is 52.5 Å². The summed E-state index contributed by atoms with van der Waals surface area (Å²) >= 11 is 13.2. The van der Waals surface area contributed by atoms with E-state index in [0.29, 0.717) is 15.7 Å². The summed E-state index contributed by atoms with van der Waals surface area (Å²) in [4.78, 5) is 25.2. The number of carbonyl (C=O) groups is 2. The van der Waals surface area contributed by atoms with E-state index in [4.69, 9.17) is 23.2 Å². The lowest BCUT2D eigenvalue weighted by Gasteiger charge is -2.23. The summed E-state index contributed by atoms with van der Waals surface area (Å²) in [6.45, 7) is 0.